The van der Waals surface area contributed by atoms with E-state index in [1.807, 2.05) is 0 Å². The molecule has 1 N–H and O–H groups in total. The van der Waals surface area contributed by atoms with E-state index in [4.69, 9.17) is 0 Å². The third-order valence-electron chi connectivity index (χ3n) is 2.79. The number of nitrogens with one attached hydrogen (secondary N) is 1. The summed E-state index contributed by atoms with van der Waals surface area (Å²) in [4.78, 5) is 2.56. The second-order valence-corrected chi connectivity index (χ2v) is 4.84. The van der Waals surface area contributed by atoms with Gasteiger partial charge in [-0.3, -0.25) is 0 Å². The van der Waals surface area contributed by atoms with E-state index in [-0.39, 0.29) is 0 Å². The van der Waals surface area contributed by atoms with Crippen LogP contribution in [0.5, 0.6) is 0 Å². The average molecular weight is 263 g/mol. The van der Waals surface area contributed by atoms with Crippen LogP contribution in [-0.4, -0.2) is 43.0 Å². The van der Waals surface area contributed by atoms with Crippen LogP contribution in [0.15, 0.2) is 0 Å². The molecule has 0 saturated carbocycles. The Morgan fingerprint density at radius 3 is 2.50 bits per heavy atom. The lowest BCUT2D eigenvalue weighted by Gasteiger charge is -2.14. The van der Waals surface area contributed by atoms with Gasteiger partial charge < -0.3 is 10.2 Å². The lowest BCUT2D eigenvalue weighted by molar-refractivity contribution is 0.335. The highest BCUT2D eigenvalue weighted by molar-refractivity contribution is 9.09. The molecule has 0 amide bonds. The van der Waals surface area contributed by atoms with Gasteiger partial charge >= 0.3 is 0 Å². The summed E-state index contributed by atoms with van der Waals surface area (Å²) in [6, 6.07) is 0. The molecule has 0 bridgehead atoms. The van der Waals surface area contributed by atoms with E-state index in [9.17, 15) is 0 Å². The monoisotopic (exact) mass is 262 g/mol. The minimum atomic E-state index is 1.15. The molecule has 0 radical (unpaired) electrons. The van der Waals surface area contributed by atoms with Crippen molar-refractivity contribution in [2.24, 2.45) is 0 Å². The fraction of sp³-hybridized carbons (Fsp3) is 1.00. The van der Waals surface area contributed by atoms with Crippen molar-refractivity contribution in [3.63, 3.8) is 0 Å². The first kappa shape index (κ1) is 12.5. The van der Waals surface area contributed by atoms with E-state index in [2.05, 4.69) is 26.1 Å². The maximum absolute atomic E-state index is 3.51. The fourth-order valence-electron chi connectivity index (χ4n) is 1.89. The van der Waals surface area contributed by atoms with Gasteiger partial charge in [0.05, 0.1) is 0 Å². The predicted molar refractivity (Wildman–Crippen MR) is 66.2 cm³/mol. The summed E-state index contributed by atoms with van der Waals surface area (Å²) in [6.45, 7) is 6.27. The third kappa shape index (κ3) is 5.99. The minimum absolute atomic E-state index is 1.15. The molecule has 0 aliphatic carbocycles. The predicted octanol–water partition coefficient (Wildman–Crippen LogP) is 2.24. The molecule has 1 aliphatic heterocycles. The molecule has 14 heavy (non-hydrogen) atoms. The average Bonchev–Trinajstić information content (AvgIpc) is 2.69. The van der Waals surface area contributed by atoms with Crippen molar-refractivity contribution in [1.82, 2.24) is 10.2 Å². The van der Waals surface area contributed by atoms with Crippen LogP contribution >= 0.6 is 15.9 Å². The quantitative estimate of drug-likeness (QED) is 0.533. The van der Waals surface area contributed by atoms with Gasteiger partial charge in [-0.15, -0.1) is 0 Å². The first-order valence-electron chi connectivity index (χ1n) is 5.92. The summed E-state index contributed by atoms with van der Waals surface area (Å²) < 4.78 is 0. The smallest absolute Gasteiger partial charge is 0.0107 e. The van der Waals surface area contributed by atoms with Gasteiger partial charge in [0.1, 0.15) is 0 Å². The Hall–Kier alpha value is 0.400. The van der Waals surface area contributed by atoms with Crippen molar-refractivity contribution in [2.45, 2.75) is 32.1 Å². The van der Waals surface area contributed by atoms with E-state index >= 15 is 0 Å². The van der Waals surface area contributed by atoms with Crippen LogP contribution in [-0.2, 0) is 0 Å². The molecule has 84 valence electrons. The van der Waals surface area contributed by atoms with Crippen LogP contribution in [0.4, 0.5) is 0 Å². The highest BCUT2D eigenvalue weighted by Gasteiger charge is 2.09. The summed E-state index contributed by atoms with van der Waals surface area (Å²) in [6.07, 6.45) is 6.80. The Balaban J connectivity index is 1.75. The van der Waals surface area contributed by atoms with Gasteiger partial charge in [-0.05, 0) is 45.3 Å². The Labute approximate surface area is 96.6 Å². The van der Waals surface area contributed by atoms with Crippen molar-refractivity contribution in [1.29, 1.82) is 0 Å². The first-order valence-corrected chi connectivity index (χ1v) is 7.04. The van der Waals surface area contributed by atoms with Gasteiger partial charge in [0.25, 0.3) is 0 Å². The van der Waals surface area contributed by atoms with Gasteiger partial charge in [0.15, 0.2) is 0 Å². The van der Waals surface area contributed by atoms with E-state index in [1.54, 1.807) is 0 Å². The van der Waals surface area contributed by atoms with Gasteiger partial charge in [0.2, 0.25) is 0 Å². The summed E-state index contributed by atoms with van der Waals surface area (Å²) >= 11 is 3.45. The molecule has 0 aromatic rings. The molecule has 1 rings (SSSR count). The summed E-state index contributed by atoms with van der Waals surface area (Å²) in [7, 11) is 0. The molecular formula is C11H23BrN2. The van der Waals surface area contributed by atoms with Crippen LogP contribution in [0.3, 0.4) is 0 Å². The van der Waals surface area contributed by atoms with E-state index in [0.717, 1.165) is 5.33 Å². The molecule has 1 heterocycles. The summed E-state index contributed by atoms with van der Waals surface area (Å²) in [5.74, 6) is 0. The fourth-order valence-corrected chi connectivity index (χ4v) is 2.29. The SMILES string of the molecule is BrCCCCCNCCN1CCCC1. The molecule has 1 saturated heterocycles. The third-order valence-corrected chi connectivity index (χ3v) is 3.35. The molecule has 3 heteroatoms. The maximum Gasteiger partial charge on any atom is 0.0107 e. The van der Waals surface area contributed by atoms with Crippen LogP contribution in [0, 0.1) is 0 Å². The number of rotatable bonds is 8. The molecule has 2 nitrogen and oxygen atoms in total. The second-order valence-electron chi connectivity index (χ2n) is 4.05. The van der Waals surface area contributed by atoms with Crippen molar-refractivity contribution in [3.8, 4) is 0 Å². The maximum atomic E-state index is 3.51. The number of halogens is 1. The second kappa shape index (κ2) is 8.69. The summed E-state index contributed by atoms with van der Waals surface area (Å²) in [5, 5.41) is 4.67. The molecule has 0 aromatic carbocycles. The Kier molecular flexibility index (Phi) is 7.74. The number of hydrogen-bond donors (Lipinski definition) is 1. The number of likely N-dealkylation sites (tertiary alicyclic amines) is 1. The Morgan fingerprint density at radius 2 is 1.79 bits per heavy atom. The molecule has 0 spiro atoms. The highest BCUT2D eigenvalue weighted by atomic mass is 79.9. The topological polar surface area (TPSA) is 15.3 Å². The van der Waals surface area contributed by atoms with E-state index < -0.39 is 0 Å². The van der Waals surface area contributed by atoms with Crippen LogP contribution < -0.4 is 5.32 Å². The molecule has 0 atom stereocenters. The molecule has 0 unspecified atom stereocenters. The van der Waals surface area contributed by atoms with E-state index in [0.29, 0.717) is 0 Å². The molecule has 1 fully saturated rings. The zero-order chi connectivity index (χ0) is 10.1. The minimum Gasteiger partial charge on any atom is -0.315 e. The number of nitrogens with zero attached hydrogens (tertiary/aromatic N) is 1. The van der Waals surface area contributed by atoms with Gasteiger partial charge in [-0.25, -0.2) is 0 Å². The van der Waals surface area contributed by atoms with Gasteiger partial charge in [-0.2, -0.15) is 0 Å². The number of hydrogen-bond acceptors (Lipinski definition) is 2. The highest BCUT2D eigenvalue weighted by Crippen LogP contribution is 2.05. The van der Waals surface area contributed by atoms with Gasteiger partial charge in [0, 0.05) is 18.4 Å². The van der Waals surface area contributed by atoms with Crippen LogP contribution in [0.2, 0.25) is 0 Å². The van der Waals surface area contributed by atoms with Crippen molar-refractivity contribution >= 4 is 15.9 Å². The standard InChI is InChI=1S/C11H23BrN2/c12-6-2-1-3-7-13-8-11-14-9-4-5-10-14/h13H,1-11H2. The zero-order valence-electron chi connectivity index (χ0n) is 9.10. The number of unbranched alkanes of at least 4 members (excludes halogenated alkanes) is 2. The summed E-state index contributed by atoms with van der Waals surface area (Å²) in [5.41, 5.74) is 0. The van der Waals surface area contributed by atoms with Crippen LogP contribution in [0.25, 0.3) is 0 Å². The normalized spacial score (nSPS) is 17.8. The molecule has 0 aromatic heterocycles. The lowest BCUT2D eigenvalue weighted by Crippen LogP contribution is -2.30. The lowest BCUT2D eigenvalue weighted by atomic mass is 10.2. The number of alkyl halides is 1. The van der Waals surface area contributed by atoms with Gasteiger partial charge in [-0.1, -0.05) is 22.4 Å². The van der Waals surface area contributed by atoms with Crippen molar-refractivity contribution < 1.29 is 0 Å². The zero-order valence-corrected chi connectivity index (χ0v) is 10.7. The Morgan fingerprint density at radius 1 is 1.00 bits per heavy atom. The van der Waals surface area contributed by atoms with Crippen molar-refractivity contribution in [3.05, 3.63) is 0 Å². The van der Waals surface area contributed by atoms with E-state index in [1.165, 1.54) is 64.8 Å². The molecule has 1 aliphatic rings. The van der Waals surface area contributed by atoms with Crippen LogP contribution in [0.1, 0.15) is 32.1 Å². The Bertz CT molecular complexity index is 124. The first-order chi connectivity index (χ1) is 6.93. The van der Waals surface area contributed by atoms with Crippen molar-refractivity contribution in [2.75, 3.05) is 38.1 Å². The molecular weight excluding hydrogens is 240 g/mol. The largest absolute Gasteiger partial charge is 0.315 e.